The molecule has 1 aromatic carbocycles. The van der Waals surface area contributed by atoms with Crippen LogP contribution < -0.4 is 10.2 Å². The van der Waals surface area contributed by atoms with Crippen molar-refractivity contribution in [2.24, 2.45) is 0 Å². The number of hydrogen-bond acceptors (Lipinski definition) is 6. The van der Waals surface area contributed by atoms with Crippen LogP contribution in [0.5, 0.6) is 0 Å². The van der Waals surface area contributed by atoms with E-state index in [0.29, 0.717) is 5.82 Å². The van der Waals surface area contributed by atoms with E-state index < -0.39 is 15.7 Å². The molecule has 7 nitrogen and oxygen atoms in total. The van der Waals surface area contributed by atoms with Crippen molar-refractivity contribution in [2.75, 3.05) is 49.7 Å². The third-order valence-corrected chi connectivity index (χ3v) is 5.49. The highest BCUT2D eigenvalue weighted by molar-refractivity contribution is 7.90. The van der Waals surface area contributed by atoms with Gasteiger partial charge in [-0.05, 0) is 37.4 Å². The van der Waals surface area contributed by atoms with Crippen LogP contribution in [0.25, 0.3) is 0 Å². The molecule has 0 saturated carbocycles. The van der Waals surface area contributed by atoms with E-state index in [2.05, 4.69) is 27.1 Å². The van der Waals surface area contributed by atoms with Crippen molar-refractivity contribution in [3.05, 3.63) is 48.2 Å². The summed E-state index contributed by atoms with van der Waals surface area (Å²) >= 11 is 0. The van der Waals surface area contributed by atoms with E-state index in [1.807, 2.05) is 6.07 Å². The second-order valence-corrected chi connectivity index (χ2v) is 8.46. The van der Waals surface area contributed by atoms with Crippen molar-refractivity contribution >= 4 is 27.2 Å². The van der Waals surface area contributed by atoms with Crippen LogP contribution in [0.2, 0.25) is 0 Å². The highest BCUT2D eigenvalue weighted by Crippen LogP contribution is 2.18. The summed E-state index contributed by atoms with van der Waals surface area (Å²) in [5.41, 5.74) is 1.30. The van der Waals surface area contributed by atoms with Crippen LogP contribution >= 0.6 is 0 Å². The Morgan fingerprint density at radius 1 is 1.12 bits per heavy atom. The largest absolute Gasteiger partial charge is 0.368 e. The van der Waals surface area contributed by atoms with Gasteiger partial charge in [0.2, 0.25) is 0 Å². The molecule has 138 valence electrons. The summed E-state index contributed by atoms with van der Waals surface area (Å²) in [5.74, 6) is 0.0352. The van der Waals surface area contributed by atoms with Crippen molar-refractivity contribution in [1.82, 2.24) is 9.88 Å². The lowest BCUT2D eigenvalue weighted by molar-refractivity contribution is 0.102. The molecule has 1 aliphatic rings. The maximum Gasteiger partial charge on any atom is 0.256 e. The Kier molecular flexibility index (Phi) is 5.24. The van der Waals surface area contributed by atoms with Crippen LogP contribution in [0.3, 0.4) is 0 Å². The molecular formula is C18H22N4O3S. The topological polar surface area (TPSA) is 82.6 Å². The molecule has 8 heteroatoms. The van der Waals surface area contributed by atoms with Crippen LogP contribution in [0, 0.1) is 0 Å². The highest BCUT2D eigenvalue weighted by Gasteiger charge is 2.15. The van der Waals surface area contributed by atoms with Gasteiger partial charge in [0.1, 0.15) is 5.82 Å². The third-order valence-electron chi connectivity index (χ3n) is 4.38. The summed E-state index contributed by atoms with van der Waals surface area (Å²) in [5, 5.41) is 2.70. The molecule has 1 N–H and O–H groups in total. The minimum absolute atomic E-state index is 0.114. The zero-order valence-corrected chi connectivity index (χ0v) is 15.7. The number of sulfone groups is 1. The van der Waals surface area contributed by atoms with Gasteiger partial charge in [0.05, 0.1) is 16.8 Å². The van der Waals surface area contributed by atoms with Crippen molar-refractivity contribution in [3.63, 3.8) is 0 Å². The van der Waals surface area contributed by atoms with Gasteiger partial charge in [0, 0.05) is 38.0 Å². The molecule has 1 aliphatic heterocycles. The molecule has 1 aromatic heterocycles. The standard InChI is InChI=1S/C18H22N4O3S/c1-21-8-10-22(11-9-21)15-6-7-17(19-13-15)20-18(23)14-4-3-5-16(12-14)26(2,24)25/h3-7,12-13H,8-11H2,1-2H3,(H,19,20,23). The number of nitrogens with zero attached hydrogens (tertiary/aromatic N) is 3. The van der Waals surface area contributed by atoms with Crippen LogP contribution in [-0.4, -0.2) is 63.7 Å². The number of anilines is 2. The first-order valence-corrected chi connectivity index (χ1v) is 10.2. The number of likely N-dealkylation sites (N-methyl/N-ethyl adjacent to an activating group) is 1. The summed E-state index contributed by atoms with van der Waals surface area (Å²) in [6, 6.07) is 9.64. The molecule has 0 aliphatic carbocycles. The number of nitrogens with one attached hydrogen (secondary N) is 1. The molecule has 0 bridgehead atoms. The van der Waals surface area contributed by atoms with Crippen molar-refractivity contribution in [3.8, 4) is 0 Å². The first-order valence-electron chi connectivity index (χ1n) is 8.34. The summed E-state index contributed by atoms with van der Waals surface area (Å²) in [4.78, 5) is 21.3. The maximum absolute atomic E-state index is 12.4. The molecule has 3 rings (SSSR count). The van der Waals surface area contributed by atoms with Gasteiger partial charge >= 0.3 is 0 Å². The number of hydrogen-bond donors (Lipinski definition) is 1. The Labute approximate surface area is 153 Å². The second kappa shape index (κ2) is 7.43. The molecule has 2 heterocycles. The van der Waals surface area contributed by atoms with E-state index in [1.165, 1.54) is 12.1 Å². The van der Waals surface area contributed by atoms with E-state index >= 15 is 0 Å². The summed E-state index contributed by atoms with van der Waals surface area (Å²) < 4.78 is 23.2. The van der Waals surface area contributed by atoms with Gasteiger partial charge in [-0.2, -0.15) is 0 Å². The monoisotopic (exact) mass is 374 g/mol. The minimum atomic E-state index is -3.36. The lowest BCUT2D eigenvalue weighted by Crippen LogP contribution is -2.44. The van der Waals surface area contributed by atoms with Gasteiger partial charge < -0.3 is 15.1 Å². The Balaban J connectivity index is 1.68. The van der Waals surface area contributed by atoms with Crippen LogP contribution in [0.1, 0.15) is 10.4 Å². The predicted molar refractivity (Wildman–Crippen MR) is 101 cm³/mol. The molecule has 1 saturated heterocycles. The van der Waals surface area contributed by atoms with Crippen LogP contribution in [-0.2, 0) is 9.84 Å². The quantitative estimate of drug-likeness (QED) is 0.873. The van der Waals surface area contributed by atoms with Gasteiger partial charge in [-0.15, -0.1) is 0 Å². The fraction of sp³-hybridized carbons (Fsp3) is 0.333. The van der Waals surface area contributed by atoms with Crippen LogP contribution in [0.15, 0.2) is 47.5 Å². The van der Waals surface area contributed by atoms with E-state index in [9.17, 15) is 13.2 Å². The first-order chi connectivity index (χ1) is 12.3. The maximum atomic E-state index is 12.4. The molecule has 0 spiro atoms. The number of amides is 1. The average molecular weight is 374 g/mol. The Hall–Kier alpha value is -2.45. The number of carbonyl (C=O) groups excluding carboxylic acids is 1. The van der Waals surface area contributed by atoms with Gasteiger partial charge in [0.25, 0.3) is 5.91 Å². The normalized spacial score (nSPS) is 15.7. The summed E-state index contributed by atoms with van der Waals surface area (Å²) in [6.45, 7) is 3.91. The molecule has 26 heavy (non-hydrogen) atoms. The van der Waals surface area contributed by atoms with E-state index in [1.54, 1.807) is 24.4 Å². The minimum Gasteiger partial charge on any atom is -0.368 e. The number of pyridine rings is 1. The van der Waals surface area contributed by atoms with Gasteiger partial charge in [-0.25, -0.2) is 13.4 Å². The Morgan fingerprint density at radius 2 is 1.85 bits per heavy atom. The van der Waals surface area contributed by atoms with Gasteiger partial charge in [-0.3, -0.25) is 4.79 Å². The number of aromatic nitrogens is 1. The predicted octanol–water partition coefficient (Wildman–Crippen LogP) is 1.49. The Morgan fingerprint density at radius 3 is 2.46 bits per heavy atom. The molecule has 0 unspecified atom stereocenters. The number of piperazine rings is 1. The fourth-order valence-corrected chi connectivity index (χ4v) is 3.43. The van der Waals surface area contributed by atoms with E-state index in [0.717, 1.165) is 38.1 Å². The van der Waals surface area contributed by atoms with E-state index in [-0.39, 0.29) is 10.5 Å². The van der Waals surface area contributed by atoms with E-state index in [4.69, 9.17) is 0 Å². The van der Waals surface area contributed by atoms with Crippen molar-refractivity contribution in [2.45, 2.75) is 4.90 Å². The van der Waals surface area contributed by atoms with Crippen molar-refractivity contribution < 1.29 is 13.2 Å². The molecular weight excluding hydrogens is 352 g/mol. The molecule has 1 amide bonds. The zero-order chi connectivity index (χ0) is 18.7. The number of rotatable bonds is 4. The number of carbonyl (C=O) groups is 1. The summed E-state index contributed by atoms with van der Waals surface area (Å²) in [7, 11) is -1.25. The number of benzene rings is 1. The SMILES string of the molecule is CN1CCN(c2ccc(NC(=O)c3cccc(S(C)(=O)=O)c3)nc2)CC1. The van der Waals surface area contributed by atoms with Gasteiger partial charge in [0.15, 0.2) is 9.84 Å². The van der Waals surface area contributed by atoms with Crippen molar-refractivity contribution in [1.29, 1.82) is 0 Å². The zero-order valence-electron chi connectivity index (χ0n) is 14.8. The average Bonchev–Trinajstić information content (AvgIpc) is 2.62. The summed E-state index contributed by atoms with van der Waals surface area (Å²) in [6.07, 6.45) is 2.86. The first kappa shape index (κ1) is 18.3. The third kappa shape index (κ3) is 4.39. The molecule has 2 aromatic rings. The second-order valence-electron chi connectivity index (χ2n) is 6.45. The lowest BCUT2D eigenvalue weighted by Gasteiger charge is -2.33. The fourth-order valence-electron chi connectivity index (χ4n) is 2.77. The van der Waals surface area contributed by atoms with Crippen LogP contribution in [0.4, 0.5) is 11.5 Å². The van der Waals surface area contributed by atoms with Gasteiger partial charge in [-0.1, -0.05) is 6.07 Å². The molecule has 0 radical (unpaired) electrons. The highest BCUT2D eigenvalue weighted by atomic mass is 32.2. The lowest BCUT2D eigenvalue weighted by atomic mass is 10.2. The Bertz CT molecular complexity index is 889. The smallest absolute Gasteiger partial charge is 0.256 e. The molecule has 0 atom stereocenters. The molecule has 1 fully saturated rings.